The van der Waals surface area contributed by atoms with Crippen LogP contribution in [0.15, 0.2) is 52.5 Å². The van der Waals surface area contributed by atoms with Gasteiger partial charge in [-0.15, -0.1) is 0 Å². The lowest BCUT2D eigenvalue weighted by Crippen LogP contribution is -2.24. The van der Waals surface area contributed by atoms with Crippen LogP contribution in [0.2, 0.25) is 0 Å². The number of imidazole rings is 1. The highest BCUT2D eigenvalue weighted by Gasteiger charge is 2.31. The van der Waals surface area contributed by atoms with Gasteiger partial charge in [0.05, 0.1) is 28.5 Å². The number of alkyl halides is 3. The van der Waals surface area contributed by atoms with Gasteiger partial charge in [0, 0.05) is 11.6 Å². The van der Waals surface area contributed by atoms with Gasteiger partial charge in [-0.1, -0.05) is 13.0 Å². The zero-order chi connectivity index (χ0) is 22.6. The van der Waals surface area contributed by atoms with Crippen molar-refractivity contribution < 1.29 is 21.6 Å². The van der Waals surface area contributed by atoms with Crippen LogP contribution in [0.5, 0.6) is 0 Å². The van der Waals surface area contributed by atoms with Crippen molar-refractivity contribution in [2.75, 3.05) is 5.75 Å². The van der Waals surface area contributed by atoms with Crippen LogP contribution in [0, 0.1) is 11.3 Å². The van der Waals surface area contributed by atoms with E-state index in [0.717, 1.165) is 22.7 Å². The Kier molecular flexibility index (Phi) is 4.58. The van der Waals surface area contributed by atoms with Gasteiger partial charge in [-0.2, -0.15) is 28.2 Å². The van der Waals surface area contributed by atoms with Gasteiger partial charge in [0.2, 0.25) is 0 Å². The highest BCUT2D eigenvalue weighted by molar-refractivity contribution is 7.91. The van der Waals surface area contributed by atoms with E-state index in [4.69, 9.17) is 5.26 Å². The maximum absolute atomic E-state index is 13.1. The first-order valence-corrected chi connectivity index (χ1v) is 10.5. The van der Waals surface area contributed by atoms with E-state index < -0.39 is 27.1 Å². The van der Waals surface area contributed by atoms with Crippen molar-refractivity contribution in [3.8, 4) is 11.9 Å². The fourth-order valence-corrected chi connectivity index (χ4v) is 4.24. The quantitative estimate of drug-likeness (QED) is 0.478. The Morgan fingerprint density at radius 2 is 1.94 bits per heavy atom. The maximum atomic E-state index is 13.1. The lowest BCUT2D eigenvalue weighted by atomic mass is 10.1. The van der Waals surface area contributed by atoms with Crippen LogP contribution < -0.4 is 5.56 Å². The van der Waals surface area contributed by atoms with Crippen LogP contribution in [-0.2, 0) is 16.0 Å². The Labute approximate surface area is 172 Å². The van der Waals surface area contributed by atoms with Gasteiger partial charge >= 0.3 is 6.18 Å². The molecule has 0 radical (unpaired) electrons. The number of benzene rings is 1. The molecule has 0 atom stereocenters. The van der Waals surface area contributed by atoms with Crippen LogP contribution in [-0.4, -0.2) is 33.3 Å². The molecule has 0 saturated carbocycles. The summed E-state index contributed by atoms with van der Waals surface area (Å²) < 4.78 is 66.7. The second-order valence-corrected chi connectivity index (χ2v) is 8.76. The molecule has 0 fully saturated rings. The minimum atomic E-state index is -4.66. The summed E-state index contributed by atoms with van der Waals surface area (Å²) in [6.07, 6.45) is -2.26. The van der Waals surface area contributed by atoms with Crippen LogP contribution in [0.1, 0.15) is 18.1 Å². The molecular weight excluding hydrogens is 435 g/mol. The number of nitriles is 1. The molecule has 4 aromatic rings. The van der Waals surface area contributed by atoms with Gasteiger partial charge in [-0.3, -0.25) is 9.20 Å². The second kappa shape index (κ2) is 6.92. The zero-order valence-electron chi connectivity index (χ0n) is 15.8. The van der Waals surface area contributed by atoms with Crippen molar-refractivity contribution in [2.45, 2.75) is 18.1 Å². The van der Waals surface area contributed by atoms with Crippen LogP contribution in [0.3, 0.4) is 0 Å². The Balaban J connectivity index is 2.09. The number of rotatable bonds is 3. The van der Waals surface area contributed by atoms with E-state index in [9.17, 15) is 26.4 Å². The summed E-state index contributed by atoms with van der Waals surface area (Å²) in [7, 11) is -3.98. The van der Waals surface area contributed by atoms with Crippen LogP contribution >= 0.6 is 0 Å². The third kappa shape index (κ3) is 3.32. The van der Waals surface area contributed by atoms with E-state index in [0.29, 0.717) is 10.7 Å². The molecule has 4 rings (SSSR count). The van der Waals surface area contributed by atoms with Gasteiger partial charge < -0.3 is 0 Å². The molecule has 0 spiro atoms. The van der Waals surface area contributed by atoms with E-state index in [1.165, 1.54) is 25.3 Å². The summed E-state index contributed by atoms with van der Waals surface area (Å²) in [6, 6.07) is 7.33. The summed E-state index contributed by atoms with van der Waals surface area (Å²) in [5, 5.41) is 12.5. The second-order valence-electron chi connectivity index (χ2n) is 6.56. The minimum absolute atomic E-state index is 0.124. The smallest absolute Gasteiger partial charge is 0.287 e. The zero-order valence-corrected chi connectivity index (χ0v) is 16.6. The topological polar surface area (TPSA) is 110 Å². The van der Waals surface area contributed by atoms with E-state index in [1.54, 1.807) is 0 Å². The fourth-order valence-electron chi connectivity index (χ4n) is 3.11. The fraction of sp³-hybridized carbons (Fsp3) is 0.158. The first kappa shape index (κ1) is 20.5. The minimum Gasteiger partial charge on any atom is -0.287 e. The van der Waals surface area contributed by atoms with Crippen molar-refractivity contribution in [2.24, 2.45) is 0 Å². The number of hydrogen-bond donors (Lipinski definition) is 0. The predicted octanol–water partition coefficient (Wildman–Crippen LogP) is 2.72. The predicted molar refractivity (Wildman–Crippen MR) is 104 cm³/mol. The molecule has 3 heterocycles. The van der Waals surface area contributed by atoms with Crippen molar-refractivity contribution in [3.63, 3.8) is 0 Å². The lowest BCUT2D eigenvalue weighted by molar-refractivity contribution is -0.137. The molecule has 31 heavy (non-hydrogen) atoms. The molecular formula is C19H12F3N5O3S. The molecule has 0 bridgehead atoms. The molecule has 8 nitrogen and oxygen atoms in total. The monoisotopic (exact) mass is 447 g/mol. The standard InChI is InChI=1S/C19H12F3N5O3S/c1-2-31(29,30)18-16(25-15-6-3-11(8-23)10-26(15)18)27-17(28)14-7-13(19(20,21)22)5-4-12(14)9-24-27/h3-7,9-10H,2H2,1H3. The number of pyridine rings is 1. The van der Waals surface area contributed by atoms with Crippen molar-refractivity contribution in [1.82, 2.24) is 19.2 Å². The van der Waals surface area contributed by atoms with Gasteiger partial charge in [-0.25, -0.2) is 13.4 Å². The Bertz CT molecular complexity index is 1560. The normalized spacial score (nSPS) is 12.4. The summed E-state index contributed by atoms with van der Waals surface area (Å²) in [5.74, 6) is -0.702. The summed E-state index contributed by atoms with van der Waals surface area (Å²) in [5.41, 5.74) is -1.71. The highest BCUT2D eigenvalue weighted by atomic mass is 32.2. The molecule has 0 unspecified atom stereocenters. The van der Waals surface area contributed by atoms with E-state index in [-0.39, 0.29) is 38.6 Å². The summed E-state index contributed by atoms with van der Waals surface area (Å²) in [6.45, 7) is 1.39. The van der Waals surface area contributed by atoms with Gasteiger partial charge in [0.1, 0.15) is 11.7 Å². The Morgan fingerprint density at radius 1 is 1.19 bits per heavy atom. The SMILES string of the molecule is CCS(=O)(=O)c1c(-n2ncc3ccc(C(F)(F)F)cc3c2=O)nc2ccc(C#N)cn12. The number of sulfone groups is 1. The number of aromatic nitrogens is 4. The van der Waals surface area contributed by atoms with E-state index in [1.807, 2.05) is 6.07 Å². The number of nitrogens with zero attached hydrogens (tertiary/aromatic N) is 5. The van der Waals surface area contributed by atoms with Crippen LogP contribution in [0.4, 0.5) is 13.2 Å². The molecule has 12 heteroatoms. The highest BCUT2D eigenvalue weighted by Crippen LogP contribution is 2.31. The van der Waals surface area contributed by atoms with E-state index in [2.05, 4.69) is 10.1 Å². The molecule has 158 valence electrons. The molecule has 0 aliphatic carbocycles. The van der Waals surface area contributed by atoms with Gasteiger partial charge in [0.15, 0.2) is 20.7 Å². The largest absolute Gasteiger partial charge is 0.416 e. The molecule has 0 aliphatic heterocycles. The molecule has 0 aliphatic rings. The average Bonchev–Trinajstić information content (AvgIpc) is 3.12. The Hall–Kier alpha value is -3.72. The third-order valence-corrected chi connectivity index (χ3v) is 6.41. The number of fused-ring (bicyclic) bond motifs is 2. The molecule has 0 N–H and O–H groups in total. The summed E-state index contributed by atoms with van der Waals surface area (Å²) in [4.78, 5) is 17.2. The van der Waals surface area contributed by atoms with Crippen molar-refractivity contribution in [1.29, 1.82) is 5.26 Å². The Morgan fingerprint density at radius 3 is 2.58 bits per heavy atom. The first-order chi connectivity index (χ1) is 14.6. The van der Waals surface area contributed by atoms with Crippen LogP contribution in [0.25, 0.3) is 22.2 Å². The van der Waals surface area contributed by atoms with E-state index >= 15 is 0 Å². The summed E-state index contributed by atoms with van der Waals surface area (Å²) >= 11 is 0. The molecule has 0 amide bonds. The molecule has 1 aromatic carbocycles. The van der Waals surface area contributed by atoms with Gasteiger partial charge in [-0.05, 0) is 24.3 Å². The third-order valence-electron chi connectivity index (χ3n) is 4.68. The maximum Gasteiger partial charge on any atom is 0.416 e. The molecule has 3 aromatic heterocycles. The first-order valence-electron chi connectivity index (χ1n) is 8.81. The molecule has 0 saturated heterocycles. The van der Waals surface area contributed by atoms with Crippen molar-refractivity contribution in [3.05, 3.63) is 64.2 Å². The van der Waals surface area contributed by atoms with Gasteiger partial charge in [0.25, 0.3) is 5.56 Å². The lowest BCUT2D eigenvalue weighted by Gasteiger charge is -2.09. The number of hydrogen-bond acceptors (Lipinski definition) is 6. The number of halogens is 3. The van der Waals surface area contributed by atoms with Crippen molar-refractivity contribution >= 4 is 26.3 Å². The average molecular weight is 447 g/mol.